The number of unbranched alkanes of at least 4 members (excludes halogenated alkanes) is 5. The van der Waals surface area contributed by atoms with Gasteiger partial charge < -0.3 is 9.84 Å². The van der Waals surface area contributed by atoms with Gasteiger partial charge in [0.25, 0.3) is 5.95 Å². The van der Waals surface area contributed by atoms with Gasteiger partial charge >= 0.3 is 10.1 Å². The SMILES string of the molecule is CCCCCCCCC1(S(=O)(=O)O)CC=C(O)O1. The fourth-order valence-corrected chi connectivity index (χ4v) is 3.02. The van der Waals surface area contributed by atoms with Gasteiger partial charge in [-0.15, -0.1) is 0 Å². The molecule has 0 radical (unpaired) electrons. The van der Waals surface area contributed by atoms with Crippen molar-refractivity contribution in [1.82, 2.24) is 0 Å². The van der Waals surface area contributed by atoms with Gasteiger partial charge in [-0.1, -0.05) is 39.0 Å². The van der Waals surface area contributed by atoms with Crippen LogP contribution in [0.1, 0.15) is 58.3 Å². The molecule has 0 fully saturated rings. The number of hydrogen-bond acceptors (Lipinski definition) is 4. The van der Waals surface area contributed by atoms with Crippen molar-refractivity contribution in [2.45, 2.75) is 63.2 Å². The van der Waals surface area contributed by atoms with E-state index >= 15 is 0 Å². The van der Waals surface area contributed by atoms with E-state index in [2.05, 4.69) is 6.92 Å². The van der Waals surface area contributed by atoms with Crippen molar-refractivity contribution in [3.05, 3.63) is 12.0 Å². The normalized spacial score (nSPS) is 23.8. The lowest BCUT2D eigenvalue weighted by atomic mass is 10.1. The van der Waals surface area contributed by atoms with Crippen molar-refractivity contribution in [2.24, 2.45) is 0 Å². The Labute approximate surface area is 109 Å². The maximum Gasteiger partial charge on any atom is 0.306 e. The van der Waals surface area contributed by atoms with Gasteiger partial charge in [-0.2, -0.15) is 8.42 Å². The molecule has 2 N–H and O–H groups in total. The highest BCUT2D eigenvalue weighted by Gasteiger charge is 2.48. The van der Waals surface area contributed by atoms with Crippen molar-refractivity contribution in [3.8, 4) is 0 Å². The second kappa shape index (κ2) is 6.43. The average Bonchev–Trinajstić information content (AvgIpc) is 2.66. The molecule has 1 atom stereocenters. The molecule has 0 amide bonds. The predicted octanol–water partition coefficient (Wildman–Crippen LogP) is 3.14. The molecule has 1 aliphatic rings. The highest BCUT2D eigenvalue weighted by atomic mass is 32.2. The maximum absolute atomic E-state index is 11.4. The van der Waals surface area contributed by atoms with Crippen molar-refractivity contribution in [2.75, 3.05) is 0 Å². The Morgan fingerprint density at radius 3 is 2.39 bits per heavy atom. The lowest BCUT2D eigenvalue weighted by Crippen LogP contribution is -2.38. The number of rotatable bonds is 8. The van der Waals surface area contributed by atoms with Gasteiger partial charge in [-0.25, -0.2) is 0 Å². The molecule has 0 saturated heterocycles. The Bertz CT molecular complexity index is 387. The summed E-state index contributed by atoms with van der Waals surface area (Å²) >= 11 is 0. The van der Waals surface area contributed by atoms with E-state index in [0.29, 0.717) is 6.42 Å². The Kier molecular flexibility index (Phi) is 5.47. The van der Waals surface area contributed by atoms with Gasteiger partial charge in [0.1, 0.15) is 0 Å². The Morgan fingerprint density at radius 1 is 1.28 bits per heavy atom. The summed E-state index contributed by atoms with van der Waals surface area (Å²) in [6.45, 7) is 2.13. The van der Waals surface area contributed by atoms with Crippen LogP contribution in [0.2, 0.25) is 0 Å². The smallest absolute Gasteiger partial charge is 0.306 e. The van der Waals surface area contributed by atoms with Crippen LogP contribution in [0, 0.1) is 0 Å². The third kappa shape index (κ3) is 3.88. The minimum absolute atomic E-state index is 0.00657. The van der Waals surface area contributed by atoms with Crippen molar-refractivity contribution < 1.29 is 22.8 Å². The van der Waals surface area contributed by atoms with Crippen LogP contribution in [-0.2, 0) is 14.9 Å². The Morgan fingerprint density at radius 2 is 1.89 bits per heavy atom. The zero-order chi connectivity index (χ0) is 13.6. The summed E-state index contributed by atoms with van der Waals surface area (Å²) in [4.78, 5) is -1.66. The van der Waals surface area contributed by atoms with Gasteiger partial charge in [0.2, 0.25) is 4.93 Å². The van der Waals surface area contributed by atoms with Gasteiger partial charge in [0, 0.05) is 18.9 Å². The number of aliphatic hydroxyl groups is 1. The lowest BCUT2D eigenvalue weighted by molar-refractivity contribution is 0.0169. The fraction of sp³-hybridized carbons (Fsp3) is 0.833. The van der Waals surface area contributed by atoms with Crippen LogP contribution < -0.4 is 0 Å². The van der Waals surface area contributed by atoms with Crippen molar-refractivity contribution >= 4 is 10.1 Å². The molecule has 0 aromatic heterocycles. The summed E-state index contributed by atoms with van der Waals surface area (Å²) in [6.07, 6.45) is 7.59. The summed E-state index contributed by atoms with van der Waals surface area (Å²) < 4.78 is 36.9. The second-order valence-electron chi connectivity index (χ2n) is 4.75. The molecule has 1 rings (SSSR count). The molecular weight excluding hydrogens is 256 g/mol. The van der Waals surface area contributed by atoms with Crippen LogP contribution in [0.4, 0.5) is 0 Å². The first kappa shape index (κ1) is 15.3. The third-order valence-corrected chi connectivity index (χ3v) is 4.65. The summed E-state index contributed by atoms with van der Waals surface area (Å²) in [6, 6.07) is 0. The van der Waals surface area contributed by atoms with Gasteiger partial charge in [-0.05, 0) is 6.42 Å². The van der Waals surface area contributed by atoms with E-state index in [0.717, 1.165) is 25.7 Å². The monoisotopic (exact) mass is 278 g/mol. The molecule has 1 heterocycles. The summed E-state index contributed by atoms with van der Waals surface area (Å²) in [5, 5.41) is 9.16. The zero-order valence-electron chi connectivity index (χ0n) is 10.8. The second-order valence-corrected chi connectivity index (χ2v) is 6.45. The maximum atomic E-state index is 11.4. The topological polar surface area (TPSA) is 83.8 Å². The molecule has 0 saturated carbocycles. The van der Waals surface area contributed by atoms with E-state index in [-0.39, 0.29) is 12.8 Å². The molecular formula is C12H22O5S. The van der Waals surface area contributed by atoms with E-state index in [1.165, 1.54) is 12.5 Å². The molecule has 6 heteroatoms. The van der Waals surface area contributed by atoms with E-state index in [9.17, 15) is 13.0 Å². The van der Waals surface area contributed by atoms with Crippen LogP contribution in [0.15, 0.2) is 12.0 Å². The van der Waals surface area contributed by atoms with E-state index in [4.69, 9.17) is 9.84 Å². The van der Waals surface area contributed by atoms with E-state index in [1.54, 1.807) is 0 Å². The Balaban J connectivity index is 2.41. The van der Waals surface area contributed by atoms with Crippen LogP contribution in [0.25, 0.3) is 0 Å². The number of hydrogen-bond donors (Lipinski definition) is 2. The molecule has 5 nitrogen and oxygen atoms in total. The van der Waals surface area contributed by atoms with Crippen molar-refractivity contribution in [1.29, 1.82) is 0 Å². The first-order valence-corrected chi connectivity index (χ1v) is 7.90. The average molecular weight is 278 g/mol. The van der Waals surface area contributed by atoms with E-state index in [1.807, 2.05) is 0 Å². The van der Waals surface area contributed by atoms with Gasteiger partial charge in [0.05, 0.1) is 0 Å². The molecule has 1 aliphatic heterocycles. The van der Waals surface area contributed by atoms with E-state index < -0.39 is 21.0 Å². The largest absolute Gasteiger partial charge is 0.481 e. The minimum atomic E-state index is -4.33. The highest BCUT2D eigenvalue weighted by molar-refractivity contribution is 7.87. The van der Waals surface area contributed by atoms with Gasteiger partial charge in [-0.3, -0.25) is 4.55 Å². The molecule has 1 unspecified atom stereocenters. The molecule has 0 aliphatic carbocycles. The Hall–Kier alpha value is -0.750. The summed E-state index contributed by atoms with van der Waals surface area (Å²) in [5.74, 6) is -0.418. The molecule has 0 aromatic carbocycles. The third-order valence-electron chi connectivity index (χ3n) is 3.26. The number of ether oxygens (including phenoxy) is 1. The molecule has 0 spiro atoms. The van der Waals surface area contributed by atoms with Crippen LogP contribution >= 0.6 is 0 Å². The first-order chi connectivity index (χ1) is 8.41. The molecule has 0 aromatic rings. The molecule has 106 valence electrons. The fourth-order valence-electron chi connectivity index (χ4n) is 2.13. The van der Waals surface area contributed by atoms with Crippen molar-refractivity contribution in [3.63, 3.8) is 0 Å². The number of aliphatic hydroxyl groups excluding tert-OH is 1. The molecule has 0 bridgehead atoms. The summed E-state index contributed by atoms with van der Waals surface area (Å²) in [7, 11) is -4.33. The first-order valence-electron chi connectivity index (χ1n) is 6.46. The zero-order valence-corrected chi connectivity index (χ0v) is 11.6. The quantitative estimate of drug-likeness (QED) is 0.526. The predicted molar refractivity (Wildman–Crippen MR) is 68.7 cm³/mol. The van der Waals surface area contributed by atoms with Crippen LogP contribution in [-0.4, -0.2) is 23.0 Å². The van der Waals surface area contributed by atoms with Crippen LogP contribution in [0.5, 0.6) is 0 Å². The summed E-state index contributed by atoms with van der Waals surface area (Å²) in [5.41, 5.74) is 0. The van der Waals surface area contributed by atoms with Gasteiger partial charge in [0.15, 0.2) is 0 Å². The lowest BCUT2D eigenvalue weighted by Gasteiger charge is -2.25. The standard InChI is InChI=1S/C12H22O5S/c1-2-3-4-5-6-7-9-12(18(14,15)16)10-8-11(13)17-12/h8,13H,2-7,9-10H2,1H3,(H,14,15,16). The minimum Gasteiger partial charge on any atom is -0.481 e. The van der Waals surface area contributed by atoms with Crippen LogP contribution in [0.3, 0.4) is 0 Å². The highest BCUT2D eigenvalue weighted by Crippen LogP contribution is 2.36. The molecule has 18 heavy (non-hydrogen) atoms.